The molecule has 0 aliphatic carbocycles. The molecule has 2 aromatic rings. The van der Waals surface area contributed by atoms with E-state index in [1.165, 1.54) is 12.1 Å². The van der Waals surface area contributed by atoms with E-state index in [2.05, 4.69) is 28.7 Å². The van der Waals surface area contributed by atoms with Gasteiger partial charge in [-0.1, -0.05) is 26.0 Å². The fraction of sp³-hybridized carbons (Fsp3) is 0.500. The van der Waals surface area contributed by atoms with Gasteiger partial charge in [0.05, 0.1) is 0 Å². The number of amides is 1. The molecule has 2 heterocycles. The monoisotopic (exact) mass is 358 g/mol. The summed E-state index contributed by atoms with van der Waals surface area (Å²) < 4.78 is 13.2. The van der Waals surface area contributed by atoms with Crippen LogP contribution in [0.2, 0.25) is 0 Å². The minimum atomic E-state index is -0.252. The number of carbonyl (C=O) groups excluding carboxylic acids is 1. The predicted octanol–water partition coefficient (Wildman–Crippen LogP) is 3.12. The van der Waals surface area contributed by atoms with Gasteiger partial charge in [0.1, 0.15) is 11.6 Å². The highest BCUT2D eigenvalue weighted by molar-refractivity contribution is 5.77. The summed E-state index contributed by atoms with van der Waals surface area (Å²) in [6.45, 7) is 9.10. The first-order valence-corrected chi connectivity index (χ1v) is 9.19. The third-order valence-corrected chi connectivity index (χ3v) is 4.99. The third-order valence-electron chi connectivity index (χ3n) is 4.99. The van der Waals surface area contributed by atoms with Crippen molar-refractivity contribution >= 4 is 5.91 Å². The lowest BCUT2D eigenvalue weighted by molar-refractivity contribution is -0.134. The van der Waals surface area contributed by atoms with Gasteiger partial charge in [-0.05, 0) is 30.5 Å². The van der Waals surface area contributed by atoms with Gasteiger partial charge in [0.25, 0.3) is 0 Å². The molecule has 0 unspecified atom stereocenters. The average molecular weight is 358 g/mol. The molecule has 1 atom stereocenters. The quantitative estimate of drug-likeness (QED) is 0.893. The normalized spacial score (nSPS) is 19.2. The van der Waals surface area contributed by atoms with Crippen molar-refractivity contribution in [2.75, 3.05) is 13.1 Å². The molecule has 1 aromatic heterocycles. The zero-order valence-electron chi connectivity index (χ0n) is 15.7. The summed E-state index contributed by atoms with van der Waals surface area (Å²) >= 11 is 0. The topological polar surface area (TPSA) is 52.2 Å². The number of nitrogens with one attached hydrogen (secondary N) is 1. The highest BCUT2D eigenvalue weighted by atomic mass is 19.1. The summed E-state index contributed by atoms with van der Waals surface area (Å²) in [7, 11) is 0. The van der Waals surface area contributed by atoms with Gasteiger partial charge in [-0.2, -0.15) is 0 Å². The molecule has 1 amide bonds. The maximum absolute atomic E-state index is 13.2. The first-order chi connectivity index (χ1) is 12.4. The number of hydrogen-bond donors (Lipinski definition) is 1. The predicted molar refractivity (Wildman–Crippen MR) is 98.8 cm³/mol. The van der Waals surface area contributed by atoms with Crippen molar-refractivity contribution in [1.82, 2.24) is 19.8 Å². The molecule has 5 nitrogen and oxygen atoms in total. The molecule has 140 valence electrons. The van der Waals surface area contributed by atoms with Gasteiger partial charge in [0.2, 0.25) is 5.91 Å². The van der Waals surface area contributed by atoms with E-state index in [0.717, 1.165) is 36.7 Å². The van der Waals surface area contributed by atoms with Gasteiger partial charge >= 0.3 is 0 Å². The smallest absolute Gasteiger partial charge is 0.224 e. The summed E-state index contributed by atoms with van der Waals surface area (Å²) in [5.41, 5.74) is 2.03. The molecule has 26 heavy (non-hydrogen) atoms. The van der Waals surface area contributed by atoms with Crippen molar-refractivity contribution in [3.05, 3.63) is 53.4 Å². The zero-order valence-corrected chi connectivity index (χ0v) is 15.7. The Morgan fingerprint density at radius 1 is 1.27 bits per heavy atom. The van der Waals surface area contributed by atoms with Crippen LogP contribution in [-0.2, 0) is 17.9 Å². The molecule has 1 aromatic carbocycles. The third kappa shape index (κ3) is 4.49. The molecular formula is C20H27FN4O. The number of aromatic amines is 1. The van der Waals surface area contributed by atoms with Crippen LogP contribution in [0.5, 0.6) is 0 Å². The van der Waals surface area contributed by atoms with Gasteiger partial charge in [-0.15, -0.1) is 0 Å². The van der Waals surface area contributed by atoms with Crippen LogP contribution < -0.4 is 0 Å². The van der Waals surface area contributed by atoms with Gasteiger partial charge in [0, 0.05) is 50.5 Å². The number of carbonyl (C=O) groups is 1. The van der Waals surface area contributed by atoms with E-state index in [9.17, 15) is 9.18 Å². The molecule has 0 radical (unpaired) electrons. The van der Waals surface area contributed by atoms with E-state index < -0.39 is 0 Å². The van der Waals surface area contributed by atoms with Crippen molar-refractivity contribution in [3.8, 4) is 0 Å². The fourth-order valence-corrected chi connectivity index (χ4v) is 3.54. The lowest BCUT2D eigenvalue weighted by Crippen LogP contribution is -2.45. The molecule has 1 aliphatic rings. The minimum absolute atomic E-state index is 0.124. The molecule has 1 fully saturated rings. The Kier molecular flexibility index (Phi) is 5.71. The second kappa shape index (κ2) is 7.99. The van der Waals surface area contributed by atoms with Crippen LogP contribution in [0.3, 0.4) is 0 Å². The fourth-order valence-electron chi connectivity index (χ4n) is 3.54. The Hall–Kier alpha value is -2.21. The van der Waals surface area contributed by atoms with Crippen molar-refractivity contribution in [2.45, 2.75) is 46.3 Å². The second-order valence-corrected chi connectivity index (χ2v) is 7.44. The first kappa shape index (κ1) is 18.6. The van der Waals surface area contributed by atoms with E-state index >= 15 is 0 Å². The number of nitrogens with zero attached hydrogens (tertiary/aromatic N) is 3. The Labute approximate surface area is 154 Å². The van der Waals surface area contributed by atoms with Gasteiger partial charge in [-0.3, -0.25) is 9.69 Å². The SMILES string of the molecule is Cc1ncc(CN2CCC(=O)N(Cc3ccc(F)cc3)[C@H](C(C)C)C2)[nH]1. The van der Waals surface area contributed by atoms with E-state index in [0.29, 0.717) is 18.9 Å². The molecular weight excluding hydrogens is 331 g/mol. The number of halogens is 1. The second-order valence-electron chi connectivity index (χ2n) is 7.44. The Morgan fingerprint density at radius 2 is 2.00 bits per heavy atom. The summed E-state index contributed by atoms with van der Waals surface area (Å²) in [5, 5.41) is 0. The van der Waals surface area contributed by atoms with Crippen LogP contribution in [0.1, 0.15) is 37.4 Å². The number of H-pyrrole nitrogens is 1. The van der Waals surface area contributed by atoms with Gasteiger partial charge in [0.15, 0.2) is 0 Å². The van der Waals surface area contributed by atoms with Crippen molar-refractivity contribution in [3.63, 3.8) is 0 Å². The molecule has 0 saturated carbocycles. The maximum atomic E-state index is 13.2. The largest absolute Gasteiger partial charge is 0.345 e. The Bertz CT molecular complexity index is 741. The zero-order chi connectivity index (χ0) is 18.7. The minimum Gasteiger partial charge on any atom is -0.345 e. The number of benzene rings is 1. The van der Waals surface area contributed by atoms with Crippen molar-refractivity contribution < 1.29 is 9.18 Å². The van der Waals surface area contributed by atoms with Gasteiger partial charge in [-0.25, -0.2) is 9.37 Å². The number of imidazole rings is 1. The summed E-state index contributed by atoms with van der Waals surface area (Å²) in [4.78, 5) is 24.6. The van der Waals surface area contributed by atoms with Crippen LogP contribution in [0.25, 0.3) is 0 Å². The van der Waals surface area contributed by atoms with Crippen molar-refractivity contribution in [1.29, 1.82) is 0 Å². The van der Waals surface area contributed by atoms with Crippen LogP contribution >= 0.6 is 0 Å². The van der Waals surface area contributed by atoms with E-state index in [-0.39, 0.29) is 17.8 Å². The summed E-state index contributed by atoms with van der Waals surface area (Å²) in [5.74, 6) is 1.15. The molecule has 1 N–H and O–H groups in total. The summed E-state index contributed by atoms with van der Waals surface area (Å²) in [6.07, 6.45) is 2.36. The van der Waals surface area contributed by atoms with Crippen molar-refractivity contribution in [2.24, 2.45) is 5.92 Å². The molecule has 6 heteroatoms. The van der Waals surface area contributed by atoms with E-state index in [1.807, 2.05) is 18.0 Å². The Balaban J connectivity index is 1.75. The van der Waals surface area contributed by atoms with E-state index in [4.69, 9.17) is 0 Å². The lowest BCUT2D eigenvalue weighted by Gasteiger charge is -2.34. The van der Waals surface area contributed by atoms with Crippen LogP contribution in [0.4, 0.5) is 4.39 Å². The number of hydrogen-bond acceptors (Lipinski definition) is 3. The lowest BCUT2D eigenvalue weighted by atomic mass is 10.0. The van der Waals surface area contributed by atoms with Crippen LogP contribution in [0.15, 0.2) is 30.5 Å². The van der Waals surface area contributed by atoms with Crippen LogP contribution in [-0.4, -0.2) is 44.8 Å². The van der Waals surface area contributed by atoms with Gasteiger partial charge < -0.3 is 9.88 Å². The number of aryl methyl sites for hydroxylation is 1. The molecule has 1 aliphatic heterocycles. The molecule has 0 spiro atoms. The first-order valence-electron chi connectivity index (χ1n) is 9.19. The number of rotatable bonds is 5. The van der Waals surface area contributed by atoms with E-state index in [1.54, 1.807) is 12.1 Å². The molecule has 1 saturated heterocycles. The average Bonchev–Trinajstić information content (AvgIpc) is 2.94. The molecule has 3 rings (SSSR count). The standard InChI is InChI=1S/C20H27FN4O/c1-14(2)19-13-24(12-18-10-22-15(3)23-18)9-8-20(26)25(19)11-16-4-6-17(21)7-5-16/h4-7,10,14,19H,8-9,11-13H2,1-3H3,(H,22,23)/t19-/m0/s1. The maximum Gasteiger partial charge on any atom is 0.224 e. The summed E-state index contributed by atoms with van der Waals surface area (Å²) in [6, 6.07) is 6.55. The Morgan fingerprint density at radius 3 is 2.62 bits per heavy atom. The highest BCUT2D eigenvalue weighted by Gasteiger charge is 2.31. The van der Waals surface area contributed by atoms with Crippen LogP contribution in [0, 0.1) is 18.7 Å². The number of aromatic nitrogens is 2. The highest BCUT2D eigenvalue weighted by Crippen LogP contribution is 2.22. The molecule has 0 bridgehead atoms.